The number of anilines is 2. The molecule has 0 bridgehead atoms. The van der Waals surface area contributed by atoms with E-state index in [9.17, 15) is 14.4 Å². The maximum Gasteiger partial charge on any atom is 0.234 e. The van der Waals surface area contributed by atoms with Gasteiger partial charge in [-0.3, -0.25) is 4.79 Å². The molecule has 1 fully saturated rings. The first kappa shape index (κ1) is 19.6. The Hall–Kier alpha value is -2.18. The van der Waals surface area contributed by atoms with E-state index in [1.165, 1.54) is 35.2 Å². The molecule has 27 heavy (non-hydrogen) atoms. The van der Waals surface area contributed by atoms with E-state index in [0.717, 1.165) is 32.1 Å². The highest BCUT2D eigenvalue weighted by atomic mass is 32.2. The van der Waals surface area contributed by atoms with Crippen molar-refractivity contribution in [3.05, 3.63) is 30.1 Å². The average Bonchev–Trinajstić information content (AvgIpc) is 3.13. The van der Waals surface area contributed by atoms with Crippen molar-refractivity contribution in [2.45, 2.75) is 42.0 Å². The Morgan fingerprint density at radius 2 is 2.19 bits per heavy atom. The first-order valence-electron chi connectivity index (χ1n) is 8.69. The van der Waals surface area contributed by atoms with Gasteiger partial charge in [0.1, 0.15) is 11.4 Å². The van der Waals surface area contributed by atoms with Crippen LogP contribution in [0, 0.1) is 17.1 Å². The summed E-state index contributed by atoms with van der Waals surface area (Å²) in [4.78, 5) is 14.2. The lowest BCUT2D eigenvalue weighted by atomic mass is 9.81. The standard InChI is InChI=1S/C18H20FN5OS2/c1-24(18(12-20)8-3-2-4-9-18)15(25)11-26-17-23-22-16(27-17)21-14-7-5-6-13(19)10-14/h5-7,10H,2-4,8-9,11H2,1H3,(H,21,22). The minimum atomic E-state index is -0.679. The minimum Gasteiger partial charge on any atom is -0.330 e. The number of carbonyl (C=O) groups excluding carboxylic acids is 1. The summed E-state index contributed by atoms with van der Waals surface area (Å²) in [6, 6.07) is 8.45. The van der Waals surface area contributed by atoms with Crippen LogP contribution in [0.3, 0.4) is 0 Å². The van der Waals surface area contributed by atoms with Gasteiger partial charge in [-0.05, 0) is 31.0 Å². The smallest absolute Gasteiger partial charge is 0.234 e. The van der Waals surface area contributed by atoms with Crippen LogP contribution in [0.2, 0.25) is 0 Å². The van der Waals surface area contributed by atoms with Crippen molar-refractivity contribution in [1.82, 2.24) is 15.1 Å². The maximum absolute atomic E-state index is 13.2. The second-order valence-electron chi connectivity index (χ2n) is 6.45. The van der Waals surface area contributed by atoms with E-state index in [1.54, 1.807) is 24.1 Å². The summed E-state index contributed by atoms with van der Waals surface area (Å²) in [7, 11) is 1.72. The highest BCUT2D eigenvalue weighted by molar-refractivity contribution is 8.01. The molecule has 1 N–H and O–H groups in total. The molecule has 0 saturated heterocycles. The number of nitriles is 1. The number of hydrogen-bond acceptors (Lipinski definition) is 7. The van der Waals surface area contributed by atoms with Crippen LogP contribution in [0.1, 0.15) is 32.1 Å². The predicted molar refractivity (Wildman–Crippen MR) is 105 cm³/mol. The van der Waals surface area contributed by atoms with Gasteiger partial charge in [0.15, 0.2) is 4.34 Å². The lowest BCUT2D eigenvalue weighted by Gasteiger charge is -2.38. The van der Waals surface area contributed by atoms with Crippen molar-refractivity contribution in [3.63, 3.8) is 0 Å². The quantitative estimate of drug-likeness (QED) is 0.726. The number of aromatic nitrogens is 2. The van der Waals surface area contributed by atoms with Crippen LogP contribution in [0.15, 0.2) is 28.6 Å². The molecule has 1 heterocycles. The Labute approximate surface area is 165 Å². The Bertz CT molecular complexity index is 844. The van der Waals surface area contributed by atoms with Crippen LogP contribution in [-0.4, -0.2) is 39.3 Å². The van der Waals surface area contributed by atoms with Crippen molar-refractivity contribution in [2.24, 2.45) is 0 Å². The van der Waals surface area contributed by atoms with Gasteiger partial charge in [-0.2, -0.15) is 5.26 Å². The third-order valence-electron chi connectivity index (χ3n) is 4.71. The third-order valence-corrected chi connectivity index (χ3v) is 6.66. The van der Waals surface area contributed by atoms with Crippen LogP contribution < -0.4 is 5.32 Å². The highest BCUT2D eigenvalue weighted by Crippen LogP contribution is 2.34. The lowest BCUT2D eigenvalue weighted by Crippen LogP contribution is -2.50. The highest BCUT2D eigenvalue weighted by Gasteiger charge is 2.38. The fourth-order valence-corrected chi connectivity index (χ4v) is 4.81. The zero-order valence-electron chi connectivity index (χ0n) is 14.9. The summed E-state index contributed by atoms with van der Waals surface area (Å²) in [5, 5.41) is 21.2. The molecule has 0 radical (unpaired) electrons. The van der Waals surface area contributed by atoms with Gasteiger partial charge in [-0.15, -0.1) is 10.2 Å². The van der Waals surface area contributed by atoms with Crippen molar-refractivity contribution < 1.29 is 9.18 Å². The summed E-state index contributed by atoms with van der Waals surface area (Å²) in [6.07, 6.45) is 4.54. The molecular formula is C18H20FN5OS2. The predicted octanol–water partition coefficient (Wildman–Crippen LogP) is 4.20. The zero-order valence-corrected chi connectivity index (χ0v) is 16.6. The van der Waals surface area contributed by atoms with E-state index in [-0.39, 0.29) is 17.5 Å². The lowest BCUT2D eigenvalue weighted by molar-refractivity contribution is -0.131. The number of carbonyl (C=O) groups is 1. The Morgan fingerprint density at radius 1 is 1.41 bits per heavy atom. The van der Waals surface area contributed by atoms with E-state index < -0.39 is 5.54 Å². The van der Waals surface area contributed by atoms with E-state index in [0.29, 0.717) is 15.2 Å². The second-order valence-corrected chi connectivity index (χ2v) is 8.65. The summed E-state index contributed by atoms with van der Waals surface area (Å²) < 4.78 is 13.9. The molecule has 2 aromatic rings. The topological polar surface area (TPSA) is 81.9 Å². The van der Waals surface area contributed by atoms with Crippen LogP contribution >= 0.6 is 23.1 Å². The van der Waals surface area contributed by atoms with E-state index >= 15 is 0 Å². The molecule has 9 heteroatoms. The van der Waals surface area contributed by atoms with Crippen LogP contribution in [0.5, 0.6) is 0 Å². The molecule has 0 atom stereocenters. The van der Waals surface area contributed by atoms with Gasteiger partial charge in [0.25, 0.3) is 0 Å². The van der Waals surface area contributed by atoms with Crippen LogP contribution in [0.4, 0.5) is 15.2 Å². The number of nitrogens with one attached hydrogen (secondary N) is 1. The van der Waals surface area contributed by atoms with Gasteiger partial charge < -0.3 is 10.2 Å². The van der Waals surface area contributed by atoms with E-state index in [4.69, 9.17) is 0 Å². The maximum atomic E-state index is 13.2. The number of benzene rings is 1. The molecule has 142 valence electrons. The first-order chi connectivity index (χ1) is 13.0. The molecule has 1 amide bonds. The van der Waals surface area contributed by atoms with Crippen LogP contribution in [-0.2, 0) is 4.79 Å². The second kappa shape index (κ2) is 8.67. The fourth-order valence-electron chi connectivity index (χ4n) is 3.13. The monoisotopic (exact) mass is 405 g/mol. The van der Waals surface area contributed by atoms with Crippen molar-refractivity contribution in [2.75, 3.05) is 18.1 Å². The number of halogens is 1. The third kappa shape index (κ3) is 4.76. The van der Waals surface area contributed by atoms with Gasteiger partial charge in [-0.1, -0.05) is 48.4 Å². The largest absolute Gasteiger partial charge is 0.330 e. The average molecular weight is 406 g/mol. The van der Waals surface area contributed by atoms with Gasteiger partial charge >= 0.3 is 0 Å². The molecule has 0 aliphatic heterocycles. The van der Waals surface area contributed by atoms with Gasteiger partial charge in [-0.25, -0.2) is 4.39 Å². The normalized spacial score (nSPS) is 15.7. The molecule has 1 aromatic carbocycles. The molecular weight excluding hydrogens is 385 g/mol. The summed E-state index contributed by atoms with van der Waals surface area (Å²) in [5.74, 6) is -0.214. The molecule has 1 saturated carbocycles. The van der Waals surface area contributed by atoms with Gasteiger partial charge in [0, 0.05) is 12.7 Å². The number of rotatable bonds is 6. The van der Waals surface area contributed by atoms with Crippen molar-refractivity contribution in [3.8, 4) is 6.07 Å². The summed E-state index contributed by atoms with van der Waals surface area (Å²) in [5.41, 5.74) is -0.0898. The molecule has 1 aliphatic carbocycles. The van der Waals surface area contributed by atoms with Crippen LogP contribution in [0.25, 0.3) is 0 Å². The number of amides is 1. The fraction of sp³-hybridized carbons (Fsp3) is 0.444. The number of nitrogens with zero attached hydrogens (tertiary/aromatic N) is 4. The Balaban J connectivity index is 1.56. The van der Waals surface area contributed by atoms with Gasteiger partial charge in [0.2, 0.25) is 11.0 Å². The molecule has 1 aliphatic rings. The summed E-state index contributed by atoms with van der Waals surface area (Å²) >= 11 is 2.59. The number of hydrogen-bond donors (Lipinski definition) is 1. The molecule has 6 nitrogen and oxygen atoms in total. The van der Waals surface area contributed by atoms with Crippen molar-refractivity contribution in [1.29, 1.82) is 5.26 Å². The SMILES string of the molecule is CN(C(=O)CSc1nnc(Nc2cccc(F)c2)s1)C1(C#N)CCCCC1. The first-order valence-corrected chi connectivity index (χ1v) is 10.5. The van der Waals surface area contributed by atoms with Crippen molar-refractivity contribution >= 4 is 39.8 Å². The molecule has 1 aromatic heterocycles. The Kier molecular flexibility index (Phi) is 6.29. The Morgan fingerprint density at radius 3 is 2.89 bits per heavy atom. The minimum absolute atomic E-state index is 0.0849. The molecule has 0 spiro atoms. The summed E-state index contributed by atoms with van der Waals surface area (Å²) in [6.45, 7) is 0. The number of thioether (sulfide) groups is 1. The molecule has 3 rings (SSSR count). The van der Waals surface area contributed by atoms with Gasteiger partial charge in [0.05, 0.1) is 11.8 Å². The van der Waals surface area contributed by atoms with E-state index in [2.05, 4.69) is 21.6 Å². The molecule has 0 unspecified atom stereocenters. The zero-order chi connectivity index (χ0) is 19.3. The van der Waals surface area contributed by atoms with E-state index in [1.807, 2.05) is 0 Å².